The quantitative estimate of drug-likeness (QED) is 0.345. The molecular weight excluding hydrogens is 461 g/mol. The summed E-state index contributed by atoms with van der Waals surface area (Å²) >= 11 is 5.15. The summed E-state index contributed by atoms with van der Waals surface area (Å²) in [5.41, 5.74) is -2.93. The summed E-state index contributed by atoms with van der Waals surface area (Å²) < 4.78 is 96.8. The van der Waals surface area contributed by atoms with Gasteiger partial charge < -0.3 is 9.84 Å². The Morgan fingerprint density at radius 1 is 1.10 bits per heavy atom. The number of halogens is 8. The van der Waals surface area contributed by atoms with Gasteiger partial charge in [-0.05, 0) is 18.3 Å². The fourth-order valence-corrected chi connectivity index (χ4v) is 2.97. The van der Waals surface area contributed by atoms with E-state index in [1.165, 1.54) is 13.8 Å². The SMILES string of the molecule is CC(=O)O.Cc1c(F)c(F)c(COC(=O)C2C(/C=C(\Cl)C(F)(F)F)C2(C)C)c(F)c1F. The Balaban J connectivity index is 0.00000110. The number of alkyl halides is 3. The topological polar surface area (TPSA) is 63.6 Å². The molecule has 0 bridgehead atoms. The average molecular weight is 479 g/mol. The number of esters is 1. The van der Waals surface area contributed by atoms with Crippen LogP contribution in [0.15, 0.2) is 11.1 Å². The van der Waals surface area contributed by atoms with Gasteiger partial charge in [-0.1, -0.05) is 31.5 Å². The van der Waals surface area contributed by atoms with E-state index in [9.17, 15) is 35.5 Å². The molecule has 31 heavy (non-hydrogen) atoms. The lowest BCUT2D eigenvalue weighted by atomic mass is 10.1. The van der Waals surface area contributed by atoms with Crippen molar-refractivity contribution in [1.29, 1.82) is 0 Å². The Kier molecular flexibility index (Phi) is 8.15. The minimum absolute atomic E-state index is 0.667. The molecule has 0 spiro atoms. The maximum Gasteiger partial charge on any atom is 0.426 e. The van der Waals surface area contributed by atoms with Crippen molar-refractivity contribution in [3.05, 3.63) is 45.5 Å². The normalized spacial score (nSPS) is 19.9. The van der Waals surface area contributed by atoms with Crippen molar-refractivity contribution in [2.45, 2.75) is 40.5 Å². The number of allylic oxidation sites excluding steroid dienone is 2. The molecule has 0 aromatic heterocycles. The molecule has 1 aromatic rings. The number of hydrogen-bond donors (Lipinski definition) is 1. The van der Waals surface area contributed by atoms with E-state index in [0.717, 1.165) is 13.8 Å². The summed E-state index contributed by atoms with van der Waals surface area (Å²) in [6.45, 7) is 3.77. The average Bonchev–Trinajstić information content (AvgIpc) is 3.17. The molecule has 1 aliphatic carbocycles. The van der Waals surface area contributed by atoms with Crippen molar-refractivity contribution in [3.8, 4) is 0 Å². The van der Waals surface area contributed by atoms with Crippen molar-refractivity contribution >= 4 is 23.5 Å². The molecule has 1 fully saturated rings. The minimum Gasteiger partial charge on any atom is -0.481 e. The summed E-state index contributed by atoms with van der Waals surface area (Å²) in [4.78, 5) is 21.1. The highest BCUT2D eigenvalue weighted by molar-refractivity contribution is 6.30. The zero-order chi connectivity index (χ0) is 24.5. The number of carboxylic acids is 1. The number of aliphatic carboxylic acids is 1. The first kappa shape index (κ1) is 26.7. The van der Waals surface area contributed by atoms with E-state index in [1.54, 1.807) is 0 Å². The predicted octanol–water partition coefficient (Wildman–Crippen LogP) is 5.64. The Labute approximate surface area is 177 Å². The molecule has 4 nitrogen and oxygen atoms in total. The first-order chi connectivity index (χ1) is 13.9. The Morgan fingerprint density at radius 2 is 1.52 bits per heavy atom. The van der Waals surface area contributed by atoms with Crippen molar-refractivity contribution < 1.29 is 50.2 Å². The standard InChI is InChI=1S/C17H14ClF7O2.C2H4O2/c1-6-11(19)13(21)7(14(22)12(6)20)5-27-15(26)10-8(16(10,2)3)4-9(18)17(23,24)25;1-2(3)4/h4,8,10H,5H2,1-3H3;1H3,(H,3,4)/b9-4-;. The Morgan fingerprint density at radius 3 is 1.90 bits per heavy atom. The van der Waals surface area contributed by atoms with Gasteiger partial charge in [0.2, 0.25) is 0 Å². The zero-order valence-electron chi connectivity index (χ0n) is 16.6. The second-order valence-corrected chi connectivity index (χ2v) is 7.73. The molecule has 0 amide bonds. The van der Waals surface area contributed by atoms with E-state index >= 15 is 0 Å². The summed E-state index contributed by atoms with van der Waals surface area (Å²) in [6, 6.07) is 0. The number of carbonyl (C=O) groups excluding carboxylic acids is 1. The smallest absolute Gasteiger partial charge is 0.426 e. The molecule has 0 radical (unpaired) electrons. The van der Waals surface area contributed by atoms with Gasteiger partial charge in [-0.2, -0.15) is 13.2 Å². The Bertz CT molecular complexity index is 876. The van der Waals surface area contributed by atoms with E-state index in [2.05, 4.69) is 0 Å². The summed E-state index contributed by atoms with van der Waals surface area (Å²) in [7, 11) is 0. The van der Waals surface area contributed by atoms with Crippen LogP contribution < -0.4 is 0 Å². The molecule has 2 atom stereocenters. The number of carbonyl (C=O) groups is 2. The second kappa shape index (κ2) is 9.46. The van der Waals surface area contributed by atoms with E-state index in [-0.39, 0.29) is 0 Å². The lowest BCUT2D eigenvalue weighted by Crippen LogP contribution is -2.14. The molecule has 0 heterocycles. The Hall–Kier alpha value is -2.30. The van der Waals surface area contributed by atoms with Crippen LogP contribution in [0.25, 0.3) is 0 Å². The summed E-state index contributed by atoms with van der Waals surface area (Å²) in [5, 5.41) is 6.01. The van der Waals surface area contributed by atoms with Crippen molar-refractivity contribution in [1.82, 2.24) is 0 Å². The monoisotopic (exact) mass is 478 g/mol. The van der Waals surface area contributed by atoms with Crippen molar-refractivity contribution in [3.63, 3.8) is 0 Å². The van der Waals surface area contributed by atoms with E-state index in [4.69, 9.17) is 26.2 Å². The lowest BCUT2D eigenvalue weighted by Gasteiger charge is -2.10. The molecule has 2 rings (SSSR count). The zero-order valence-corrected chi connectivity index (χ0v) is 17.4. The molecule has 1 saturated carbocycles. The highest BCUT2D eigenvalue weighted by atomic mass is 35.5. The molecule has 1 aliphatic rings. The maximum atomic E-state index is 13.8. The van der Waals surface area contributed by atoms with Crippen molar-refractivity contribution in [2.24, 2.45) is 17.3 Å². The van der Waals surface area contributed by atoms with Crippen LogP contribution in [-0.2, 0) is 20.9 Å². The first-order valence-electron chi connectivity index (χ1n) is 8.56. The molecule has 0 saturated heterocycles. The number of ether oxygens (including phenoxy) is 1. The highest BCUT2D eigenvalue weighted by Gasteiger charge is 2.62. The van der Waals surface area contributed by atoms with Crippen LogP contribution >= 0.6 is 11.6 Å². The van der Waals surface area contributed by atoms with Gasteiger partial charge in [-0.3, -0.25) is 9.59 Å². The van der Waals surface area contributed by atoms with Crippen LogP contribution in [0, 0.1) is 47.4 Å². The molecular formula is C19H18ClF7O4. The van der Waals surface area contributed by atoms with Crippen LogP contribution in [0.4, 0.5) is 30.7 Å². The van der Waals surface area contributed by atoms with E-state index in [1.807, 2.05) is 0 Å². The number of hydrogen-bond acceptors (Lipinski definition) is 3. The molecule has 12 heteroatoms. The van der Waals surface area contributed by atoms with Crippen LogP contribution in [-0.4, -0.2) is 23.2 Å². The van der Waals surface area contributed by atoms with Crippen molar-refractivity contribution in [2.75, 3.05) is 0 Å². The predicted molar refractivity (Wildman–Crippen MR) is 94.9 cm³/mol. The van der Waals surface area contributed by atoms with Gasteiger partial charge in [-0.25, -0.2) is 17.6 Å². The van der Waals surface area contributed by atoms with Gasteiger partial charge in [0.15, 0.2) is 23.3 Å². The number of carboxylic acid groups (broad SMARTS) is 1. The molecule has 2 unspecified atom stereocenters. The molecule has 1 aromatic carbocycles. The van der Waals surface area contributed by atoms with Gasteiger partial charge >= 0.3 is 12.1 Å². The van der Waals surface area contributed by atoms with E-state index in [0.29, 0.717) is 6.08 Å². The lowest BCUT2D eigenvalue weighted by molar-refractivity contribution is -0.147. The third-order valence-corrected chi connectivity index (χ3v) is 5.03. The van der Waals surface area contributed by atoms with Gasteiger partial charge in [0, 0.05) is 12.5 Å². The summed E-state index contributed by atoms with van der Waals surface area (Å²) in [5.74, 6) is -10.5. The van der Waals surface area contributed by atoms with Gasteiger partial charge in [-0.15, -0.1) is 0 Å². The summed E-state index contributed by atoms with van der Waals surface area (Å²) in [6.07, 6.45) is -4.11. The van der Waals surface area contributed by atoms with Gasteiger partial charge in [0.25, 0.3) is 5.97 Å². The molecule has 0 aliphatic heterocycles. The fraction of sp³-hybridized carbons (Fsp3) is 0.474. The largest absolute Gasteiger partial charge is 0.481 e. The third-order valence-electron chi connectivity index (χ3n) is 4.69. The van der Waals surface area contributed by atoms with E-state index < -0.39 is 81.4 Å². The van der Waals surface area contributed by atoms with Crippen LogP contribution in [0.5, 0.6) is 0 Å². The van der Waals surface area contributed by atoms with Crippen LogP contribution in [0.2, 0.25) is 0 Å². The van der Waals surface area contributed by atoms with Gasteiger partial charge in [0.05, 0.1) is 11.5 Å². The molecule has 174 valence electrons. The highest BCUT2D eigenvalue weighted by Crippen LogP contribution is 2.60. The molecule has 1 N–H and O–H groups in total. The first-order valence-corrected chi connectivity index (χ1v) is 8.94. The fourth-order valence-electron chi connectivity index (χ4n) is 2.84. The second-order valence-electron chi connectivity index (χ2n) is 7.32. The van der Waals surface area contributed by atoms with Crippen LogP contribution in [0.1, 0.15) is 31.9 Å². The number of benzene rings is 1. The minimum atomic E-state index is -4.78. The third kappa shape index (κ3) is 6.11. The number of rotatable bonds is 4. The van der Waals surface area contributed by atoms with Gasteiger partial charge in [0.1, 0.15) is 11.6 Å². The maximum absolute atomic E-state index is 13.8. The van der Waals surface area contributed by atoms with Crippen LogP contribution in [0.3, 0.4) is 0 Å².